The summed E-state index contributed by atoms with van der Waals surface area (Å²) in [5.41, 5.74) is 7.92. The summed E-state index contributed by atoms with van der Waals surface area (Å²) >= 11 is 1.35. The van der Waals surface area contributed by atoms with Crippen molar-refractivity contribution in [2.75, 3.05) is 24.2 Å². The Bertz CT molecular complexity index is 915. The number of anilines is 2. The van der Waals surface area contributed by atoms with E-state index >= 15 is 0 Å². The second kappa shape index (κ2) is 6.41. The molecule has 0 fully saturated rings. The highest BCUT2D eigenvalue weighted by atomic mass is 32.1. The lowest BCUT2D eigenvalue weighted by atomic mass is 10.0. The second-order valence-corrected chi connectivity index (χ2v) is 6.70. The van der Waals surface area contributed by atoms with E-state index in [1.165, 1.54) is 24.5 Å². The maximum atomic E-state index is 11.7. The van der Waals surface area contributed by atoms with E-state index in [0.717, 1.165) is 10.4 Å². The van der Waals surface area contributed by atoms with Crippen LogP contribution in [0.5, 0.6) is 0 Å². The zero-order valence-electron chi connectivity index (χ0n) is 13.4. The molecule has 0 spiro atoms. The molecule has 1 aliphatic rings. The first-order valence-electron chi connectivity index (χ1n) is 7.51. The molecule has 1 aliphatic heterocycles. The van der Waals surface area contributed by atoms with Crippen molar-refractivity contribution in [2.24, 2.45) is 0 Å². The molecule has 0 bridgehead atoms. The average Bonchev–Trinajstić information content (AvgIpc) is 2.94. The number of carbonyl (C=O) groups is 1. The molecule has 0 saturated carbocycles. The van der Waals surface area contributed by atoms with E-state index in [9.17, 15) is 20.2 Å². The Morgan fingerprint density at radius 2 is 2.28 bits per heavy atom. The number of amides is 1. The molecule has 0 unspecified atom stereocenters. The summed E-state index contributed by atoms with van der Waals surface area (Å²) < 4.78 is 0. The zero-order valence-corrected chi connectivity index (χ0v) is 14.2. The molecule has 128 valence electrons. The number of hydrogen-bond acceptors (Lipinski definition) is 7. The molecule has 0 atom stereocenters. The SMILES string of the molecule is CNC(=O)c1ccc(N2CCc3c(sc(N)c3C#N)C2)c([N+](=O)[O-])c1. The van der Waals surface area contributed by atoms with Crippen molar-refractivity contribution in [1.29, 1.82) is 5.26 Å². The molecule has 8 nitrogen and oxygen atoms in total. The minimum atomic E-state index is -0.485. The summed E-state index contributed by atoms with van der Waals surface area (Å²) in [5.74, 6) is -0.375. The molecular weight excluding hydrogens is 342 g/mol. The van der Waals surface area contributed by atoms with Crippen LogP contribution in [0.1, 0.15) is 26.4 Å². The normalized spacial score (nSPS) is 13.0. The van der Waals surface area contributed by atoms with Crippen molar-refractivity contribution in [3.63, 3.8) is 0 Å². The van der Waals surface area contributed by atoms with E-state index in [4.69, 9.17) is 5.73 Å². The van der Waals surface area contributed by atoms with E-state index < -0.39 is 4.92 Å². The predicted molar refractivity (Wildman–Crippen MR) is 94.7 cm³/mol. The standard InChI is InChI=1S/C16H15N5O3S/c1-19-16(22)9-2-3-12(13(6-9)21(23)24)20-5-4-10-11(7-17)15(18)25-14(10)8-20/h2-3,6H,4-5,8,18H2,1H3,(H,19,22). The third kappa shape index (κ3) is 2.88. The molecular formula is C16H15N5O3S. The van der Waals surface area contributed by atoms with Crippen molar-refractivity contribution in [3.8, 4) is 6.07 Å². The number of benzene rings is 1. The Morgan fingerprint density at radius 3 is 2.92 bits per heavy atom. The Balaban J connectivity index is 1.98. The molecule has 1 aromatic heterocycles. The van der Waals surface area contributed by atoms with Crippen LogP contribution in [0.25, 0.3) is 0 Å². The lowest BCUT2D eigenvalue weighted by Gasteiger charge is -2.28. The Kier molecular flexibility index (Phi) is 4.29. The quantitative estimate of drug-likeness (QED) is 0.639. The van der Waals surface area contributed by atoms with Gasteiger partial charge in [-0.05, 0) is 24.1 Å². The molecule has 0 radical (unpaired) electrons. The summed E-state index contributed by atoms with van der Waals surface area (Å²) in [6.07, 6.45) is 0.597. The Labute approximate surface area is 147 Å². The first-order valence-corrected chi connectivity index (χ1v) is 8.33. The Morgan fingerprint density at radius 1 is 1.52 bits per heavy atom. The molecule has 0 saturated heterocycles. The maximum Gasteiger partial charge on any atom is 0.293 e. The Hall–Kier alpha value is -3.12. The number of nitrogen functional groups attached to an aromatic ring is 1. The third-order valence-corrected chi connectivity index (χ3v) is 5.24. The topological polar surface area (TPSA) is 125 Å². The highest BCUT2D eigenvalue weighted by Gasteiger charge is 2.28. The van der Waals surface area contributed by atoms with Crippen LogP contribution in [-0.2, 0) is 13.0 Å². The van der Waals surface area contributed by atoms with Gasteiger partial charge in [-0.1, -0.05) is 0 Å². The fourth-order valence-electron chi connectivity index (χ4n) is 2.98. The lowest BCUT2D eigenvalue weighted by molar-refractivity contribution is -0.384. The van der Waals surface area contributed by atoms with E-state index in [0.29, 0.717) is 35.8 Å². The van der Waals surface area contributed by atoms with Crippen LogP contribution >= 0.6 is 11.3 Å². The van der Waals surface area contributed by atoms with E-state index in [1.54, 1.807) is 12.1 Å². The lowest BCUT2D eigenvalue weighted by Crippen LogP contribution is -2.30. The average molecular weight is 357 g/mol. The molecule has 0 aliphatic carbocycles. The first kappa shape index (κ1) is 16.7. The van der Waals surface area contributed by atoms with Crippen LogP contribution in [0.15, 0.2) is 18.2 Å². The second-order valence-electron chi connectivity index (χ2n) is 5.57. The predicted octanol–water partition coefficient (Wildman–Crippen LogP) is 2.03. The maximum absolute atomic E-state index is 11.7. The number of carbonyl (C=O) groups excluding carboxylic acids is 1. The van der Waals surface area contributed by atoms with Crippen LogP contribution in [0.3, 0.4) is 0 Å². The number of nitrogens with one attached hydrogen (secondary N) is 1. The molecule has 3 N–H and O–H groups in total. The van der Waals surface area contributed by atoms with Gasteiger partial charge in [0.1, 0.15) is 16.8 Å². The number of rotatable bonds is 3. The molecule has 1 amide bonds. The van der Waals surface area contributed by atoms with E-state index in [2.05, 4.69) is 11.4 Å². The first-order chi connectivity index (χ1) is 12.0. The number of fused-ring (bicyclic) bond motifs is 1. The van der Waals surface area contributed by atoms with E-state index in [1.807, 2.05) is 4.90 Å². The number of nitriles is 1. The largest absolute Gasteiger partial charge is 0.389 e. The molecule has 1 aromatic carbocycles. The van der Waals surface area contributed by atoms with Crippen LogP contribution in [0.4, 0.5) is 16.4 Å². The summed E-state index contributed by atoms with van der Waals surface area (Å²) in [4.78, 5) is 25.5. The van der Waals surface area contributed by atoms with Gasteiger partial charge in [0.2, 0.25) is 0 Å². The van der Waals surface area contributed by atoms with Gasteiger partial charge in [0.25, 0.3) is 11.6 Å². The molecule has 3 rings (SSSR count). The van der Waals surface area contributed by atoms with Gasteiger partial charge in [-0.2, -0.15) is 5.26 Å². The van der Waals surface area contributed by atoms with Gasteiger partial charge in [0.15, 0.2) is 0 Å². The number of nitrogens with zero attached hydrogens (tertiary/aromatic N) is 3. The van der Waals surface area contributed by atoms with Gasteiger partial charge >= 0.3 is 0 Å². The summed E-state index contributed by atoms with van der Waals surface area (Å²) in [7, 11) is 1.47. The third-order valence-electron chi connectivity index (χ3n) is 4.20. The molecule has 2 aromatic rings. The summed E-state index contributed by atoms with van der Waals surface area (Å²) in [5, 5.41) is 23.6. The van der Waals surface area contributed by atoms with Gasteiger partial charge < -0.3 is 16.0 Å². The van der Waals surface area contributed by atoms with Crippen molar-refractivity contribution >= 4 is 33.6 Å². The number of nitrogens with two attached hydrogens (primary N) is 1. The van der Waals surface area contributed by atoms with Crippen LogP contribution in [0.2, 0.25) is 0 Å². The fraction of sp³-hybridized carbons (Fsp3) is 0.250. The zero-order chi connectivity index (χ0) is 18.1. The molecule has 25 heavy (non-hydrogen) atoms. The number of nitro benzene ring substituents is 1. The minimum absolute atomic E-state index is 0.116. The highest BCUT2D eigenvalue weighted by molar-refractivity contribution is 7.16. The summed E-state index contributed by atoms with van der Waals surface area (Å²) in [6, 6.07) is 6.58. The monoisotopic (exact) mass is 357 g/mol. The number of hydrogen-bond donors (Lipinski definition) is 2. The molecule has 9 heteroatoms. The highest BCUT2D eigenvalue weighted by Crippen LogP contribution is 2.38. The van der Waals surface area contributed by atoms with Crippen LogP contribution in [0, 0.1) is 21.4 Å². The number of thiophene rings is 1. The van der Waals surface area contributed by atoms with Gasteiger partial charge in [0, 0.05) is 30.1 Å². The van der Waals surface area contributed by atoms with Crippen molar-refractivity contribution in [3.05, 3.63) is 49.9 Å². The molecule has 2 heterocycles. The van der Waals surface area contributed by atoms with Crippen LogP contribution in [-0.4, -0.2) is 24.4 Å². The van der Waals surface area contributed by atoms with Crippen molar-refractivity contribution in [1.82, 2.24) is 5.32 Å². The summed E-state index contributed by atoms with van der Waals surface area (Å²) in [6.45, 7) is 0.990. The van der Waals surface area contributed by atoms with Gasteiger partial charge in [-0.3, -0.25) is 14.9 Å². The van der Waals surface area contributed by atoms with Gasteiger partial charge in [-0.15, -0.1) is 11.3 Å². The minimum Gasteiger partial charge on any atom is -0.389 e. The van der Waals surface area contributed by atoms with Gasteiger partial charge in [-0.25, -0.2) is 0 Å². The van der Waals surface area contributed by atoms with Crippen molar-refractivity contribution < 1.29 is 9.72 Å². The number of nitro groups is 1. The van der Waals surface area contributed by atoms with Crippen molar-refractivity contribution in [2.45, 2.75) is 13.0 Å². The van der Waals surface area contributed by atoms with Gasteiger partial charge in [0.05, 0.1) is 17.0 Å². The fourth-order valence-corrected chi connectivity index (χ4v) is 4.06. The van der Waals surface area contributed by atoms with Crippen LogP contribution < -0.4 is 16.0 Å². The van der Waals surface area contributed by atoms with E-state index in [-0.39, 0.29) is 17.2 Å². The smallest absolute Gasteiger partial charge is 0.293 e.